The number of amides is 1. The fourth-order valence-corrected chi connectivity index (χ4v) is 3.89. The molecule has 1 amide bonds. The molecule has 7 heteroatoms. The lowest BCUT2D eigenvalue weighted by Crippen LogP contribution is -2.24. The van der Waals surface area contributed by atoms with E-state index in [2.05, 4.69) is 15.5 Å². The smallest absolute Gasteiger partial charge is 0.230 e. The highest BCUT2D eigenvalue weighted by molar-refractivity contribution is 7.99. The number of halogens is 1. The van der Waals surface area contributed by atoms with Gasteiger partial charge in [0, 0.05) is 6.54 Å². The van der Waals surface area contributed by atoms with Crippen LogP contribution >= 0.6 is 11.8 Å². The van der Waals surface area contributed by atoms with Crippen LogP contribution in [-0.4, -0.2) is 26.4 Å². The molecule has 1 N–H and O–H groups in total. The van der Waals surface area contributed by atoms with E-state index in [0.29, 0.717) is 29.6 Å². The zero-order valence-corrected chi connectivity index (χ0v) is 17.6. The summed E-state index contributed by atoms with van der Waals surface area (Å²) in [5, 5.41) is 12.0. The van der Waals surface area contributed by atoms with Gasteiger partial charge >= 0.3 is 0 Å². The van der Waals surface area contributed by atoms with Crippen LogP contribution in [0.3, 0.4) is 0 Å². The first-order valence-electron chi connectivity index (χ1n) is 9.86. The second-order valence-electron chi connectivity index (χ2n) is 6.91. The third-order valence-corrected chi connectivity index (χ3v) is 5.65. The average molecular weight is 433 g/mol. The van der Waals surface area contributed by atoms with Gasteiger partial charge in [-0.25, -0.2) is 4.39 Å². The number of carbonyl (C=O) groups is 1. The summed E-state index contributed by atoms with van der Waals surface area (Å²) in [6.45, 7) is 0.947. The van der Waals surface area contributed by atoms with Crippen LogP contribution in [-0.2, 0) is 17.9 Å². The van der Waals surface area contributed by atoms with Crippen molar-refractivity contribution in [2.24, 2.45) is 0 Å². The van der Waals surface area contributed by atoms with Crippen LogP contribution in [0, 0.1) is 5.82 Å². The van der Waals surface area contributed by atoms with Gasteiger partial charge in [-0.1, -0.05) is 84.6 Å². The van der Waals surface area contributed by atoms with Crippen LogP contribution in [0.2, 0.25) is 0 Å². The van der Waals surface area contributed by atoms with Gasteiger partial charge in [-0.15, -0.1) is 10.2 Å². The molecule has 1 heterocycles. The van der Waals surface area contributed by atoms with E-state index in [1.165, 1.54) is 17.8 Å². The Hall–Kier alpha value is -3.45. The number of nitrogens with zero attached hydrogens (tertiary/aromatic N) is 3. The molecule has 0 aliphatic carbocycles. The lowest BCUT2D eigenvalue weighted by Gasteiger charge is -2.11. The second-order valence-corrected chi connectivity index (χ2v) is 7.85. The molecular weight excluding hydrogens is 411 g/mol. The zero-order valence-electron chi connectivity index (χ0n) is 16.7. The lowest BCUT2D eigenvalue weighted by molar-refractivity contribution is -0.118. The summed E-state index contributed by atoms with van der Waals surface area (Å²) in [5.74, 6) is 0.169. The number of aromatic nitrogens is 3. The third-order valence-electron chi connectivity index (χ3n) is 4.68. The van der Waals surface area contributed by atoms with Gasteiger partial charge in [0.05, 0.1) is 17.9 Å². The molecule has 0 saturated heterocycles. The second kappa shape index (κ2) is 10.0. The Morgan fingerprint density at radius 3 is 2.23 bits per heavy atom. The summed E-state index contributed by atoms with van der Waals surface area (Å²) in [5.41, 5.74) is 2.46. The highest BCUT2D eigenvalue weighted by atomic mass is 32.2. The quantitative estimate of drug-likeness (QED) is 0.415. The molecular formula is C24H21FN4OS. The minimum atomic E-state index is -0.360. The van der Waals surface area contributed by atoms with E-state index in [0.717, 1.165) is 11.1 Å². The topological polar surface area (TPSA) is 59.8 Å². The number of nitrogens with one attached hydrogen (secondary N) is 1. The van der Waals surface area contributed by atoms with Crippen LogP contribution in [0.1, 0.15) is 11.1 Å². The Bertz CT molecular complexity index is 1150. The van der Waals surface area contributed by atoms with Crippen LogP contribution in [0.25, 0.3) is 11.4 Å². The minimum Gasteiger partial charge on any atom is -0.351 e. The molecule has 156 valence electrons. The average Bonchev–Trinajstić information content (AvgIpc) is 3.20. The van der Waals surface area contributed by atoms with Crippen molar-refractivity contribution < 1.29 is 9.18 Å². The molecule has 31 heavy (non-hydrogen) atoms. The molecule has 0 radical (unpaired) electrons. The summed E-state index contributed by atoms with van der Waals surface area (Å²) < 4.78 is 16.3. The van der Waals surface area contributed by atoms with Gasteiger partial charge < -0.3 is 5.32 Å². The third kappa shape index (κ3) is 5.38. The first-order chi connectivity index (χ1) is 15.2. The van der Waals surface area contributed by atoms with Gasteiger partial charge in [0.1, 0.15) is 5.82 Å². The fraction of sp³-hybridized carbons (Fsp3) is 0.125. The molecule has 4 aromatic rings. The van der Waals surface area contributed by atoms with Gasteiger partial charge in [-0.05, 0) is 23.3 Å². The minimum absolute atomic E-state index is 0.101. The fourth-order valence-electron chi connectivity index (χ4n) is 3.12. The predicted molar refractivity (Wildman–Crippen MR) is 120 cm³/mol. The summed E-state index contributed by atoms with van der Waals surface area (Å²) in [4.78, 5) is 12.3. The maximum Gasteiger partial charge on any atom is 0.230 e. The van der Waals surface area contributed by atoms with Gasteiger partial charge in [0.25, 0.3) is 0 Å². The molecule has 0 aliphatic heterocycles. The Morgan fingerprint density at radius 1 is 0.871 bits per heavy atom. The molecule has 0 aliphatic rings. The van der Waals surface area contributed by atoms with Crippen molar-refractivity contribution >= 4 is 17.7 Å². The SMILES string of the molecule is O=C(CSc1nnc(-c2ccccc2F)n1Cc1ccccc1)NCc1ccccc1. The standard InChI is InChI=1S/C24H21FN4OS/c25-21-14-8-7-13-20(21)23-27-28-24(29(23)16-19-11-5-2-6-12-19)31-17-22(30)26-15-18-9-3-1-4-10-18/h1-14H,15-17H2,(H,26,30). The Labute approximate surface area is 184 Å². The van der Waals surface area contributed by atoms with Gasteiger partial charge in [0.15, 0.2) is 11.0 Å². The maximum absolute atomic E-state index is 14.4. The number of hydrogen-bond acceptors (Lipinski definition) is 4. The Morgan fingerprint density at radius 2 is 1.52 bits per heavy atom. The summed E-state index contributed by atoms with van der Waals surface area (Å²) in [6, 6.07) is 26.1. The number of hydrogen-bond donors (Lipinski definition) is 1. The van der Waals surface area contributed by atoms with Crippen molar-refractivity contribution in [3.63, 3.8) is 0 Å². The van der Waals surface area contributed by atoms with E-state index >= 15 is 0 Å². The van der Waals surface area contributed by atoms with Crippen LogP contribution in [0.15, 0.2) is 90.1 Å². The van der Waals surface area contributed by atoms with Gasteiger partial charge in [-0.2, -0.15) is 0 Å². The van der Waals surface area contributed by atoms with Crippen molar-refractivity contribution in [1.29, 1.82) is 0 Å². The van der Waals surface area contributed by atoms with Crippen molar-refractivity contribution in [2.75, 3.05) is 5.75 Å². The lowest BCUT2D eigenvalue weighted by atomic mass is 10.2. The van der Waals surface area contributed by atoms with Crippen LogP contribution < -0.4 is 5.32 Å². The molecule has 5 nitrogen and oxygen atoms in total. The Kier molecular flexibility index (Phi) is 6.74. The number of thioether (sulfide) groups is 1. The molecule has 0 bridgehead atoms. The van der Waals surface area contributed by atoms with E-state index in [1.54, 1.807) is 18.2 Å². The monoisotopic (exact) mass is 432 g/mol. The largest absolute Gasteiger partial charge is 0.351 e. The predicted octanol–water partition coefficient (Wildman–Crippen LogP) is 4.54. The van der Waals surface area contributed by atoms with Crippen molar-refractivity contribution in [3.8, 4) is 11.4 Å². The molecule has 0 unspecified atom stereocenters. The molecule has 0 spiro atoms. The van der Waals surface area contributed by atoms with E-state index in [1.807, 2.05) is 65.2 Å². The number of benzene rings is 3. The number of carbonyl (C=O) groups excluding carboxylic acids is 1. The highest BCUT2D eigenvalue weighted by Gasteiger charge is 2.18. The molecule has 0 saturated carbocycles. The van der Waals surface area contributed by atoms with Crippen molar-refractivity contribution in [2.45, 2.75) is 18.2 Å². The summed E-state index contributed by atoms with van der Waals surface area (Å²) in [6.07, 6.45) is 0. The maximum atomic E-state index is 14.4. The molecule has 0 fully saturated rings. The first-order valence-corrected chi connectivity index (χ1v) is 10.8. The van der Waals surface area contributed by atoms with Gasteiger partial charge in [0.2, 0.25) is 5.91 Å². The highest BCUT2D eigenvalue weighted by Crippen LogP contribution is 2.27. The Balaban J connectivity index is 1.51. The van der Waals surface area contributed by atoms with Crippen molar-refractivity contribution in [1.82, 2.24) is 20.1 Å². The van der Waals surface area contributed by atoms with Crippen molar-refractivity contribution in [3.05, 3.63) is 102 Å². The molecule has 0 atom stereocenters. The first kappa shape index (κ1) is 20.8. The number of rotatable bonds is 8. The normalized spacial score (nSPS) is 10.7. The summed E-state index contributed by atoms with van der Waals surface area (Å²) >= 11 is 1.29. The molecule has 4 rings (SSSR count). The van der Waals surface area contributed by atoms with Crippen LogP contribution in [0.5, 0.6) is 0 Å². The van der Waals surface area contributed by atoms with E-state index in [4.69, 9.17) is 0 Å². The zero-order chi connectivity index (χ0) is 21.5. The molecule has 1 aromatic heterocycles. The van der Waals surface area contributed by atoms with E-state index in [9.17, 15) is 9.18 Å². The van der Waals surface area contributed by atoms with E-state index < -0.39 is 0 Å². The van der Waals surface area contributed by atoms with E-state index in [-0.39, 0.29) is 17.5 Å². The van der Waals surface area contributed by atoms with Gasteiger partial charge in [-0.3, -0.25) is 9.36 Å². The summed E-state index contributed by atoms with van der Waals surface area (Å²) in [7, 11) is 0. The molecule has 3 aromatic carbocycles. The van der Waals surface area contributed by atoms with Crippen LogP contribution in [0.4, 0.5) is 4.39 Å².